The number of hydrogen-bond acceptors (Lipinski definition) is 4. The van der Waals surface area contributed by atoms with Crippen molar-refractivity contribution in [3.63, 3.8) is 0 Å². The van der Waals surface area contributed by atoms with E-state index in [1.807, 2.05) is 31.3 Å². The van der Waals surface area contributed by atoms with Crippen molar-refractivity contribution in [2.45, 2.75) is 6.54 Å². The summed E-state index contributed by atoms with van der Waals surface area (Å²) < 4.78 is 6.23. The van der Waals surface area contributed by atoms with E-state index in [9.17, 15) is 10.1 Å². The lowest BCUT2D eigenvalue weighted by Gasteiger charge is -2.07. The lowest BCUT2D eigenvalue weighted by atomic mass is 10.2. The smallest absolute Gasteiger partial charge is 0.274 e. The number of hydrogen-bond donors (Lipinski definition) is 1. The van der Waals surface area contributed by atoms with Crippen LogP contribution >= 0.6 is 15.9 Å². The summed E-state index contributed by atoms with van der Waals surface area (Å²) >= 11 is 3.23. The molecule has 0 fully saturated rings. The maximum absolute atomic E-state index is 10.8. The minimum atomic E-state index is -0.451. The van der Waals surface area contributed by atoms with Gasteiger partial charge in [0.15, 0.2) is 0 Å². The number of halogens is 1. The Morgan fingerprint density at radius 3 is 2.50 bits per heavy atom. The Bertz CT molecular complexity index is 614. The summed E-state index contributed by atoms with van der Waals surface area (Å²) in [6.07, 6.45) is 0. The van der Waals surface area contributed by atoms with Gasteiger partial charge in [-0.3, -0.25) is 10.1 Å². The Balaban J connectivity index is 2.19. The molecular formula is C14H13BrN2O3. The Labute approximate surface area is 124 Å². The number of rotatable bonds is 5. The highest BCUT2D eigenvalue weighted by atomic mass is 79.9. The van der Waals surface area contributed by atoms with E-state index in [1.54, 1.807) is 6.07 Å². The molecule has 0 aliphatic heterocycles. The summed E-state index contributed by atoms with van der Waals surface area (Å²) in [6.45, 7) is 0.780. The number of ether oxygens (including phenoxy) is 1. The van der Waals surface area contributed by atoms with Crippen molar-refractivity contribution >= 4 is 21.6 Å². The summed E-state index contributed by atoms with van der Waals surface area (Å²) in [5, 5.41) is 13.9. The number of nitro benzene ring substituents is 1. The second-order valence-corrected chi connectivity index (χ2v) is 5.09. The van der Waals surface area contributed by atoms with E-state index < -0.39 is 4.92 Å². The van der Waals surface area contributed by atoms with E-state index in [2.05, 4.69) is 21.2 Å². The molecular weight excluding hydrogens is 324 g/mol. The average Bonchev–Trinajstić information content (AvgIpc) is 2.40. The molecule has 5 nitrogen and oxygen atoms in total. The van der Waals surface area contributed by atoms with Gasteiger partial charge in [0.05, 0.1) is 11.0 Å². The highest BCUT2D eigenvalue weighted by molar-refractivity contribution is 9.10. The van der Waals surface area contributed by atoms with Gasteiger partial charge in [-0.1, -0.05) is 28.1 Å². The van der Waals surface area contributed by atoms with Gasteiger partial charge in [-0.25, -0.2) is 0 Å². The van der Waals surface area contributed by atoms with E-state index in [0.29, 0.717) is 16.0 Å². The van der Waals surface area contributed by atoms with Gasteiger partial charge in [-0.05, 0) is 30.8 Å². The molecule has 0 aliphatic rings. The van der Waals surface area contributed by atoms with Gasteiger partial charge in [-0.2, -0.15) is 0 Å². The highest BCUT2D eigenvalue weighted by Gasteiger charge is 2.10. The minimum Gasteiger partial charge on any atom is -0.457 e. The van der Waals surface area contributed by atoms with E-state index in [0.717, 1.165) is 12.1 Å². The number of benzene rings is 2. The molecule has 0 aliphatic carbocycles. The third-order valence-corrected chi connectivity index (χ3v) is 3.06. The SMILES string of the molecule is CNCc1ccc(Oc2cc(Br)cc([N+](=O)[O-])c2)cc1. The van der Waals surface area contributed by atoms with Crippen molar-refractivity contribution in [2.75, 3.05) is 7.05 Å². The van der Waals surface area contributed by atoms with Crippen LogP contribution < -0.4 is 10.1 Å². The Morgan fingerprint density at radius 1 is 1.20 bits per heavy atom. The predicted octanol–water partition coefficient (Wildman–Crippen LogP) is 3.87. The zero-order valence-electron chi connectivity index (χ0n) is 10.8. The second kappa shape index (κ2) is 6.49. The highest BCUT2D eigenvalue weighted by Crippen LogP contribution is 2.29. The molecule has 0 amide bonds. The molecule has 0 aromatic heterocycles. The van der Waals surface area contributed by atoms with Crippen molar-refractivity contribution in [3.8, 4) is 11.5 Å². The normalized spacial score (nSPS) is 10.3. The molecule has 6 heteroatoms. The quantitative estimate of drug-likeness (QED) is 0.664. The summed E-state index contributed by atoms with van der Waals surface area (Å²) in [4.78, 5) is 10.3. The standard InChI is InChI=1S/C14H13BrN2O3/c1-16-9-10-2-4-13(5-3-10)20-14-7-11(15)6-12(8-14)17(18)19/h2-8,16H,9H2,1H3. The van der Waals surface area contributed by atoms with Crippen LogP contribution in [0, 0.1) is 10.1 Å². The average molecular weight is 337 g/mol. The van der Waals surface area contributed by atoms with Crippen LogP contribution in [0.3, 0.4) is 0 Å². The number of non-ortho nitro benzene ring substituents is 1. The summed E-state index contributed by atoms with van der Waals surface area (Å²) in [7, 11) is 1.88. The van der Waals surface area contributed by atoms with Crippen LogP contribution in [0.1, 0.15) is 5.56 Å². The van der Waals surface area contributed by atoms with Crippen LogP contribution in [0.5, 0.6) is 11.5 Å². The topological polar surface area (TPSA) is 64.4 Å². The van der Waals surface area contributed by atoms with Crippen molar-refractivity contribution in [1.29, 1.82) is 0 Å². The molecule has 0 saturated heterocycles. The van der Waals surface area contributed by atoms with Gasteiger partial charge in [0.1, 0.15) is 11.5 Å². The molecule has 0 unspecified atom stereocenters. The van der Waals surface area contributed by atoms with E-state index in [1.165, 1.54) is 12.1 Å². The van der Waals surface area contributed by atoms with Gasteiger partial charge in [-0.15, -0.1) is 0 Å². The first-order valence-corrected chi connectivity index (χ1v) is 6.74. The van der Waals surface area contributed by atoms with Gasteiger partial charge in [0.2, 0.25) is 0 Å². The fraction of sp³-hybridized carbons (Fsp3) is 0.143. The summed E-state index contributed by atoms with van der Waals surface area (Å²) in [5.74, 6) is 1.06. The molecule has 0 atom stereocenters. The molecule has 2 rings (SSSR count). The first-order chi connectivity index (χ1) is 9.58. The predicted molar refractivity (Wildman–Crippen MR) is 80.1 cm³/mol. The Hall–Kier alpha value is -1.92. The van der Waals surface area contributed by atoms with E-state index in [-0.39, 0.29) is 5.69 Å². The number of nitrogens with zero attached hydrogens (tertiary/aromatic N) is 1. The van der Waals surface area contributed by atoms with Crippen molar-refractivity contribution in [2.24, 2.45) is 0 Å². The van der Waals surface area contributed by atoms with Crippen molar-refractivity contribution < 1.29 is 9.66 Å². The van der Waals surface area contributed by atoms with Crippen LogP contribution in [-0.4, -0.2) is 12.0 Å². The fourth-order valence-corrected chi connectivity index (χ4v) is 2.19. The van der Waals surface area contributed by atoms with Gasteiger partial charge in [0, 0.05) is 17.1 Å². The monoisotopic (exact) mass is 336 g/mol. The third kappa shape index (κ3) is 3.79. The molecule has 2 aromatic carbocycles. The van der Waals surface area contributed by atoms with Crippen molar-refractivity contribution in [3.05, 3.63) is 62.6 Å². The molecule has 104 valence electrons. The Kier molecular flexibility index (Phi) is 4.70. The number of nitro groups is 1. The van der Waals surface area contributed by atoms with Crippen LogP contribution in [0.4, 0.5) is 5.69 Å². The molecule has 0 radical (unpaired) electrons. The molecule has 0 bridgehead atoms. The zero-order valence-corrected chi connectivity index (χ0v) is 12.4. The molecule has 0 saturated carbocycles. The first-order valence-electron chi connectivity index (χ1n) is 5.95. The molecule has 1 N–H and O–H groups in total. The lowest BCUT2D eigenvalue weighted by Crippen LogP contribution is -2.04. The van der Waals surface area contributed by atoms with E-state index >= 15 is 0 Å². The lowest BCUT2D eigenvalue weighted by molar-refractivity contribution is -0.385. The molecule has 20 heavy (non-hydrogen) atoms. The second-order valence-electron chi connectivity index (χ2n) is 4.18. The zero-order chi connectivity index (χ0) is 14.5. The fourth-order valence-electron chi connectivity index (χ4n) is 1.73. The van der Waals surface area contributed by atoms with Gasteiger partial charge >= 0.3 is 0 Å². The molecule has 0 spiro atoms. The summed E-state index contributed by atoms with van der Waals surface area (Å²) in [6, 6.07) is 12.1. The maximum atomic E-state index is 10.8. The third-order valence-electron chi connectivity index (χ3n) is 2.61. The van der Waals surface area contributed by atoms with Gasteiger partial charge in [0.25, 0.3) is 5.69 Å². The maximum Gasteiger partial charge on any atom is 0.274 e. The van der Waals surface area contributed by atoms with Crippen molar-refractivity contribution in [1.82, 2.24) is 5.32 Å². The van der Waals surface area contributed by atoms with Gasteiger partial charge < -0.3 is 10.1 Å². The first kappa shape index (κ1) is 14.5. The van der Waals surface area contributed by atoms with Crippen LogP contribution in [0.2, 0.25) is 0 Å². The largest absolute Gasteiger partial charge is 0.457 e. The molecule has 0 heterocycles. The van der Waals surface area contributed by atoms with Crippen LogP contribution in [0.25, 0.3) is 0 Å². The minimum absolute atomic E-state index is 0.0128. The number of nitrogens with one attached hydrogen (secondary N) is 1. The van der Waals surface area contributed by atoms with Crippen LogP contribution in [0.15, 0.2) is 46.9 Å². The van der Waals surface area contributed by atoms with E-state index in [4.69, 9.17) is 4.74 Å². The molecule has 2 aromatic rings. The van der Waals surface area contributed by atoms with Crippen LogP contribution in [-0.2, 0) is 6.54 Å². The summed E-state index contributed by atoms with van der Waals surface area (Å²) in [5.41, 5.74) is 1.13. The Morgan fingerprint density at radius 2 is 1.90 bits per heavy atom.